The molecule has 0 atom stereocenters. The second-order valence-electron chi connectivity index (χ2n) is 4.62. The van der Waals surface area contributed by atoms with Crippen molar-refractivity contribution in [3.05, 3.63) is 59.9 Å². The highest BCUT2D eigenvalue weighted by atomic mass is 32.2. The molecule has 2 rings (SSSR count). The molecule has 0 N–H and O–H groups in total. The number of aryl methyl sites for hydroxylation is 1. The maximum absolute atomic E-state index is 12.4. The van der Waals surface area contributed by atoms with Crippen LogP contribution in [0.5, 0.6) is 0 Å². The van der Waals surface area contributed by atoms with Crippen molar-refractivity contribution in [2.45, 2.75) is 24.8 Å². The van der Waals surface area contributed by atoms with Gasteiger partial charge < -0.3 is 0 Å². The molecular weight excluding hydrogens is 272 g/mol. The van der Waals surface area contributed by atoms with Crippen LogP contribution in [0, 0.1) is 0 Å². The van der Waals surface area contributed by atoms with Gasteiger partial charge >= 0.3 is 0 Å². The Hall–Kier alpha value is -1.72. The van der Waals surface area contributed by atoms with Gasteiger partial charge in [0.05, 0.1) is 4.90 Å². The Morgan fingerprint density at radius 3 is 2.35 bits per heavy atom. The SMILES string of the molecule is CCc1ccc(S(=O)(=O)N(C)Cc2cccnc2)cc1. The van der Waals surface area contributed by atoms with Gasteiger partial charge in [-0.2, -0.15) is 4.31 Å². The highest BCUT2D eigenvalue weighted by molar-refractivity contribution is 7.89. The lowest BCUT2D eigenvalue weighted by Crippen LogP contribution is -2.26. The van der Waals surface area contributed by atoms with E-state index in [0.29, 0.717) is 11.4 Å². The summed E-state index contributed by atoms with van der Waals surface area (Å²) in [5, 5.41) is 0. The molecule has 0 radical (unpaired) electrons. The summed E-state index contributed by atoms with van der Waals surface area (Å²) in [6.45, 7) is 2.35. The third-order valence-corrected chi connectivity index (χ3v) is 4.99. The molecule has 0 saturated heterocycles. The summed E-state index contributed by atoms with van der Waals surface area (Å²) in [7, 11) is -1.88. The van der Waals surface area contributed by atoms with Crippen molar-refractivity contribution in [2.75, 3.05) is 7.05 Å². The van der Waals surface area contributed by atoms with Crippen LogP contribution in [0.25, 0.3) is 0 Å². The van der Waals surface area contributed by atoms with Crippen LogP contribution in [0.3, 0.4) is 0 Å². The van der Waals surface area contributed by atoms with Gasteiger partial charge in [-0.15, -0.1) is 0 Å². The lowest BCUT2D eigenvalue weighted by atomic mass is 10.2. The third kappa shape index (κ3) is 3.23. The molecule has 2 aromatic rings. The van der Waals surface area contributed by atoms with E-state index in [1.807, 2.05) is 25.1 Å². The van der Waals surface area contributed by atoms with Crippen LogP contribution in [0.15, 0.2) is 53.7 Å². The molecule has 1 aromatic carbocycles. The molecule has 0 bridgehead atoms. The first kappa shape index (κ1) is 14.7. The Kier molecular flexibility index (Phi) is 4.52. The Morgan fingerprint density at radius 2 is 1.80 bits per heavy atom. The zero-order chi connectivity index (χ0) is 14.6. The predicted molar refractivity (Wildman–Crippen MR) is 78.7 cm³/mol. The first-order chi connectivity index (χ1) is 9.54. The Labute approximate surface area is 120 Å². The lowest BCUT2D eigenvalue weighted by Gasteiger charge is -2.17. The van der Waals surface area contributed by atoms with E-state index < -0.39 is 10.0 Å². The number of nitrogens with zero attached hydrogens (tertiary/aromatic N) is 2. The Morgan fingerprint density at radius 1 is 1.10 bits per heavy atom. The smallest absolute Gasteiger partial charge is 0.243 e. The van der Waals surface area contributed by atoms with E-state index in [-0.39, 0.29) is 0 Å². The van der Waals surface area contributed by atoms with Crippen molar-refractivity contribution in [3.63, 3.8) is 0 Å². The molecule has 0 fully saturated rings. The minimum Gasteiger partial charge on any atom is -0.264 e. The number of hydrogen-bond acceptors (Lipinski definition) is 3. The molecule has 4 nitrogen and oxygen atoms in total. The molecule has 1 aromatic heterocycles. The molecule has 1 heterocycles. The fourth-order valence-electron chi connectivity index (χ4n) is 1.91. The monoisotopic (exact) mass is 290 g/mol. The molecule has 0 spiro atoms. The van der Waals surface area contributed by atoms with E-state index in [4.69, 9.17) is 0 Å². The normalized spacial score (nSPS) is 11.8. The molecule has 0 aliphatic carbocycles. The molecule has 0 amide bonds. The van der Waals surface area contributed by atoms with Gasteiger partial charge in [-0.1, -0.05) is 25.1 Å². The molecule has 0 aliphatic heterocycles. The highest BCUT2D eigenvalue weighted by Crippen LogP contribution is 2.17. The van der Waals surface area contributed by atoms with E-state index in [9.17, 15) is 8.42 Å². The van der Waals surface area contributed by atoms with Gasteiger partial charge in [0.1, 0.15) is 0 Å². The lowest BCUT2D eigenvalue weighted by molar-refractivity contribution is 0.466. The van der Waals surface area contributed by atoms with Crippen LogP contribution in [-0.4, -0.2) is 24.8 Å². The van der Waals surface area contributed by atoms with Crippen molar-refractivity contribution in [1.29, 1.82) is 0 Å². The number of aromatic nitrogens is 1. The van der Waals surface area contributed by atoms with Gasteiger partial charge in [0.15, 0.2) is 0 Å². The maximum atomic E-state index is 12.4. The van der Waals surface area contributed by atoms with Gasteiger partial charge in [0.2, 0.25) is 10.0 Å². The van der Waals surface area contributed by atoms with Crippen LogP contribution in [0.4, 0.5) is 0 Å². The first-order valence-corrected chi connectivity index (χ1v) is 7.92. The van der Waals surface area contributed by atoms with Crippen molar-refractivity contribution in [2.24, 2.45) is 0 Å². The summed E-state index contributed by atoms with van der Waals surface area (Å²) in [6.07, 6.45) is 4.24. The molecule has 0 unspecified atom stereocenters. The summed E-state index contributed by atoms with van der Waals surface area (Å²) >= 11 is 0. The Bertz CT molecular complexity index is 652. The zero-order valence-electron chi connectivity index (χ0n) is 11.7. The van der Waals surface area contributed by atoms with Gasteiger partial charge in [-0.05, 0) is 35.7 Å². The summed E-state index contributed by atoms with van der Waals surface area (Å²) in [4.78, 5) is 4.31. The van der Waals surface area contributed by atoms with Crippen LogP contribution in [0.1, 0.15) is 18.1 Å². The van der Waals surface area contributed by atoms with E-state index in [0.717, 1.165) is 17.5 Å². The molecule has 0 aliphatic rings. The Balaban J connectivity index is 2.20. The van der Waals surface area contributed by atoms with Crippen LogP contribution in [-0.2, 0) is 23.0 Å². The topological polar surface area (TPSA) is 50.3 Å². The van der Waals surface area contributed by atoms with E-state index in [1.54, 1.807) is 37.6 Å². The largest absolute Gasteiger partial charge is 0.264 e. The summed E-state index contributed by atoms with van der Waals surface area (Å²) < 4.78 is 26.2. The average molecular weight is 290 g/mol. The second-order valence-corrected chi connectivity index (χ2v) is 6.66. The number of hydrogen-bond donors (Lipinski definition) is 0. The fourth-order valence-corrected chi connectivity index (χ4v) is 3.07. The molecule has 5 heteroatoms. The number of sulfonamides is 1. The van der Waals surface area contributed by atoms with Gasteiger partial charge in [0.25, 0.3) is 0 Å². The number of benzene rings is 1. The summed E-state index contributed by atoms with van der Waals surface area (Å²) in [5.74, 6) is 0. The minimum absolute atomic E-state index is 0.311. The van der Waals surface area contributed by atoms with Crippen LogP contribution in [0.2, 0.25) is 0 Å². The van der Waals surface area contributed by atoms with Gasteiger partial charge in [-0.25, -0.2) is 8.42 Å². The first-order valence-electron chi connectivity index (χ1n) is 6.48. The van der Waals surface area contributed by atoms with Crippen molar-refractivity contribution in [3.8, 4) is 0 Å². The van der Waals surface area contributed by atoms with Crippen LogP contribution < -0.4 is 0 Å². The maximum Gasteiger partial charge on any atom is 0.243 e. The zero-order valence-corrected chi connectivity index (χ0v) is 12.5. The molecule has 106 valence electrons. The van der Waals surface area contributed by atoms with Gasteiger partial charge in [0, 0.05) is 26.0 Å². The second kappa shape index (κ2) is 6.15. The van der Waals surface area contributed by atoms with E-state index >= 15 is 0 Å². The minimum atomic E-state index is -3.46. The summed E-state index contributed by atoms with van der Waals surface area (Å²) in [5.41, 5.74) is 1.99. The van der Waals surface area contributed by atoms with Gasteiger partial charge in [-0.3, -0.25) is 4.98 Å². The average Bonchev–Trinajstić information content (AvgIpc) is 2.48. The number of pyridine rings is 1. The van der Waals surface area contributed by atoms with Crippen molar-refractivity contribution >= 4 is 10.0 Å². The molecule has 0 saturated carbocycles. The summed E-state index contributed by atoms with van der Waals surface area (Å²) in [6, 6.07) is 10.7. The van der Waals surface area contributed by atoms with Crippen molar-refractivity contribution in [1.82, 2.24) is 9.29 Å². The highest BCUT2D eigenvalue weighted by Gasteiger charge is 2.20. The third-order valence-electron chi connectivity index (χ3n) is 3.17. The number of rotatable bonds is 5. The molecular formula is C15H18N2O2S. The van der Waals surface area contributed by atoms with Crippen LogP contribution >= 0.6 is 0 Å². The van der Waals surface area contributed by atoms with Crippen molar-refractivity contribution < 1.29 is 8.42 Å². The predicted octanol–water partition coefficient (Wildman–Crippen LogP) is 2.46. The fraction of sp³-hybridized carbons (Fsp3) is 0.267. The van der Waals surface area contributed by atoms with E-state index in [1.165, 1.54) is 4.31 Å². The van der Waals surface area contributed by atoms with E-state index in [2.05, 4.69) is 4.98 Å². The standard InChI is InChI=1S/C15H18N2O2S/c1-3-13-6-8-15(9-7-13)20(18,19)17(2)12-14-5-4-10-16-11-14/h4-11H,3,12H2,1-2H3. The quantitative estimate of drug-likeness (QED) is 0.850. The molecule has 20 heavy (non-hydrogen) atoms.